The van der Waals surface area contributed by atoms with Crippen LogP contribution in [-0.2, 0) is 0 Å². The number of fused-ring (bicyclic) bond motifs is 1. The maximum Gasteiger partial charge on any atom is 0.133 e. The number of nitrogen functional groups attached to an aromatic ring is 1. The number of nitrogens with zero attached hydrogens (tertiary/aromatic N) is 1. The average Bonchev–Trinajstić information content (AvgIpc) is 2.87. The third kappa shape index (κ3) is 3.00. The van der Waals surface area contributed by atoms with Crippen molar-refractivity contribution in [3.8, 4) is 5.75 Å². The molecule has 1 aromatic heterocycles. The highest BCUT2D eigenvalue weighted by Gasteiger charge is 2.04. The summed E-state index contributed by atoms with van der Waals surface area (Å²) in [7, 11) is 1.66. The molecule has 0 amide bonds. The molecule has 3 rings (SSSR count). The lowest BCUT2D eigenvalue weighted by Crippen LogP contribution is -1.87. The van der Waals surface area contributed by atoms with Crippen molar-refractivity contribution in [3.05, 3.63) is 50.9 Å². The van der Waals surface area contributed by atoms with Gasteiger partial charge in [0.1, 0.15) is 10.8 Å². The third-order valence-electron chi connectivity index (χ3n) is 3.39. The monoisotopic (exact) mass is 374 g/mol. The normalized spacial score (nSPS) is 11.4. The van der Waals surface area contributed by atoms with Crippen LogP contribution < -0.4 is 10.5 Å². The molecule has 5 heteroatoms. The van der Waals surface area contributed by atoms with Gasteiger partial charge in [-0.3, -0.25) is 0 Å². The van der Waals surface area contributed by atoms with Crippen molar-refractivity contribution in [2.24, 2.45) is 0 Å². The molecular weight excluding hydrogens is 360 g/mol. The van der Waals surface area contributed by atoms with E-state index in [9.17, 15) is 0 Å². The summed E-state index contributed by atoms with van der Waals surface area (Å²) in [6, 6.07) is 9.98. The Morgan fingerprint density at radius 2 is 2.05 bits per heavy atom. The van der Waals surface area contributed by atoms with Gasteiger partial charge in [-0.1, -0.05) is 12.1 Å². The molecule has 0 saturated heterocycles. The van der Waals surface area contributed by atoms with Gasteiger partial charge in [0.15, 0.2) is 0 Å². The first-order valence-electron chi connectivity index (χ1n) is 6.75. The number of aromatic nitrogens is 1. The van der Waals surface area contributed by atoms with Crippen molar-refractivity contribution in [3.63, 3.8) is 0 Å². The number of anilines is 1. The Morgan fingerprint density at radius 1 is 1.23 bits per heavy atom. The second-order valence-corrected chi connectivity index (χ2v) is 6.87. The zero-order chi connectivity index (χ0) is 15.7. The smallest absolute Gasteiger partial charge is 0.133 e. The number of thiazole rings is 1. The van der Waals surface area contributed by atoms with Crippen LogP contribution in [0.4, 0.5) is 5.69 Å². The summed E-state index contributed by atoms with van der Waals surface area (Å²) < 4.78 is 7.28. The molecule has 22 heavy (non-hydrogen) atoms. The Hall–Kier alpha value is -1.85. The molecule has 0 fully saturated rings. The molecule has 3 nitrogen and oxygen atoms in total. The molecule has 0 spiro atoms. The minimum Gasteiger partial charge on any atom is -0.496 e. The molecule has 0 atom stereocenters. The summed E-state index contributed by atoms with van der Waals surface area (Å²) in [4.78, 5) is 4.63. The summed E-state index contributed by atoms with van der Waals surface area (Å²) in [6.07, 6.45) is 4.06. The van der Waals surface area contributed by atoms with Crippen LogP contribution in [0.25, 0.3) is 22.4 Å². The second-order valence-electron chi connectivity index (χ2n) is 4.96. The Morgan fingerprint density at radius 3 is 2.77 bits per heavy atom. The Balaban J connectivity index is 1.90. The highest BCUT2D eigenvalue weighted by molar-refractivity contribution is 9.10. The van der Waals surface area contributed by atoms with E-state index in [1.165, 1.54) is 0 Å². The van der Waals surface area contributed by atoms with E-state index in [4.69, 9.17) is 10.5 Å². The predicted molar refractivity (Wildman–Crippen MR) is 98.4 cm³/mol. The minimum atomic E-state index is 0.811. The van der Waals surface area contributed by atoms with Crippen LogP contribution in [-0.4, -0.2) is 12.1 Å². The van der Waals surface area contributed by atoms with E-state index in [-0.39, 0.29) is 0 Å². The first kappa shape index (κ1) is 15.1. The van der Waals surface area contributed by atoms with Gasteiger partial charge in [-0.15, -0.1) is 11.3 Å². The molecule has 3 aromatic rings. The number of hydrogen-bond acceptors (Lipinski definition) is 4. The van der Waals surface area contributed by atoms with E-state index >= 15 is 0 Å². The number of halogens is 1. The van der Waals surface area contributed by atoms with Crippen LogP contribution in [0.15, 0.2) is 34.8 Å². The second kappa shape index (κ2) is 6.10. The fraction of sp³-hybridized carbons (Fsp3) is 0.118. The van der Waals surface area contributed by atoms with Gasteiger partial charge in [0.25, 0.3) is 0 Å². The van der Waals surface area contributed by atoms with Crippen molar-refractivity contribution in [1.29, 1.82) is 0 Å². The highest BCUT2D eigenvalue weighted by Crippen LogP contribution is 2.29. The third-order valence-corrected chi connectivity index (χ3v) is 4.99. The molecular formula is C17H15BrN2OS. The van der Waals surface area contributed by atoms with Crippen molar-refractivity contribution in [2.45, 2.75) is 6.92 Å². The van der Waals surface area contributed by atoms with Crippen LogP contribution in [0.2, 0.25) is 0 Å². The fourth-order valence-electron chi connectivity index (χ4n) is 2.14. The summed E-state index contributed by atoms with van der Waals surface area (Å²) in [6.45, 7) is 2.00. The Bertz CT molecular complexity index is 831. The van der Waals surface area contributed by atoms with Crippen LogP contribution in [0, 0.1) is 6.92 Å². The number of benzene rings is 2. The van der Waals surface area contributed by atoms with Crippen molar-refractivity contribution in [2.75, 3.05) is 12.8 Å². The number of methoxy groups -OCH3 is 1. The summed E-state index contributed by atoms with van der Waals surface area (Å²) in [5.74, 6) is 0.822. The van der Waals surface area contributed by atoms with Gasteiger partial charge in [0, 0.05) is 5.69 Å². The van der Waals surface area contributed by atoms with Gasteiger partial charge in [-0.25, -0.2) is 4.98 Å². The lowest BCUT2D eigenvalue weighted by molar-refractivity contribution is 0.412. The number of aryl methyl sites for hydroxylation is 1. The molecule has 0 aliphatic rings. The Kier molecular flexibility index (Phi) is 4.18. The SMILES string of the molecule is COc1ccc(/C=C/c2nc3cc(C)c(N)cc3s2)cc1Br. The summed E-state index contributed by atoms with van der Waals surface area (Å²) in [5, 5.41) is 0.965. The quantitative estimate of drug-likeness (QED) is 0.646. The van der Waals surface area contributed by atoms with E-state index < -0.39 is 0 Å². The van der Waals surface area contributed by atoms with Crippen LogP contribution in [0.1, 0.15) is 16.1 Å². The van der Waals surface area contributed by atoms with E-state index in [0.29, 0.717) is 0 Å². The van der Waals surface area contributed by atoms with Gasteiger partial charge >= 0.3 is 0 Å². The average molecular weight is 375 g/mol. The molecule has 0 aliphatic carbocycles. The van der Waals surface area contributed by atoms with Crippen molar-refractivity contribution >= 4 is 55.3 Å². The zero-order valence-electron chi connectivity index (χ0n) is 12.3. The summed E-state index contributed by atoms with van der Waals surface area (Å²) >= 11 is 5.13. The number of hydrogen-bond donors (Lipinski definition) is 1. The molecule has 2 aromatic carbocycles. The number of rotatable bonds is 3. The highest BCUT2D eigenvalue weighted by atomic mass is 79.9. The molecule has 0 saturated carbocycles. The predicted octanol–water partition coefficient (Wildman–Crippen LogP) is 5.13. The van der Waals surface area contributed by atoms with Crippen LogP contribution in [0.5, 0.6) is 5.75 Å². The van der Waals surface area contributed by atoms with Crippen LogP contribution >= 0.6 is 27.3 Å². The van der Waals surface area contributed by atoms with Gasteiger partial charge in [-0.2, -0.15) is 0 Å². The Labute approximate surface area is 141 Å². The molecule has 1 heterocycles. The molecule has 0 aliphatic heterocycles. The molecule has 2 N–H and O–H groups in total. The number of nitrogens with two attached hydrogens (primary N) is 1. The van der Waals surface area contributed by atoms with E-state index in [0.717, 1.165) is 42.3 Å². The van der Waals surface area contributed by atoms with E-state index in [2.05, 4.69) is 20.9 Å². The zero-order valence-corrected chi connectivity index (χ0v) is 14.7. The van der Waals surface area contributed by atoms with Gasteiger partial charge in [-0.05, 0) is 64.3 Å². The maximum atomic E-state index is 5.95. The molecule has 112 valence electrons. The molecule has 0 bridgehead atoms. The van der Waals surface area contributed by atoms with Crippen molar-refractivity contribution in [1.82, 2.24) is 4.98 Å². The van der Waals surface area contributed by atoms with Gasteiger partial charge in [0.2, 0.25) is 0 Å². The van der Waals surface area contributed by atoms with Crippen molar-refractivity contribution < 1.29 is 4.74 Å². The van der Waals surface area contributed by atoms with Crippen LogP contribution in [0.3, 0.4) is 0 Å². The first-order chi connectivity index (χ1) is 10.6. The molecule has 0 radical (unpaired) electrons. The first-order valence-corrected chi connectivity index (χ1v) is 8.36. The maximum absolute atomic E-state index is 5.95. The van der Waals surface area contributed by atoms with E-state index in [1.54, 1.807) is 18.4 Å². The van der Waals surface area contributed by atoms with E-state index in [1.807, 2.05) is 49.4 Å². The largest absolute Gasteiger partial charge is 0.496 e. The summed E-state index contributed by atoms with van der Waals surface area (Å²) in [5.41, 5.74) is 9.90. The lowest BCUT2D eigenvalue weighted by atomic mass is 10.2. The molecule has 0 unspecified atom stereocenters. The minimum absolute atomic E-state index is 0.811. The topological polar surface area (TPSA) is 48.1 Å². The van der Waals surface area contributed by atoms with Gasteiger partial charge < -0.3 is 10.5 Å². The standard InChI is InChI=1S/C17H15BrN2OS/c1-10-7-14-16(9-13(10)19)22-17(20-14)6-4-11-3-5-15(21-2)12(18)8-11/h3-9H,19H2,1-2H3/b6-4+. The lowest BCUT2D eigenvalue weighted by Gasteiger charge is -2.03. The number of ether oxygens (including phenoxy) is 1. The van der Waals surface area contributed by atoms with Gasteiger partial charge in [0.05, 0.1) is 21.8 Å². The fourth-order valence-corrected chi connectivity index (χ4v) is 3.60.